The smallest absolute Gasteiger partial charge is 0.195 e. The number of nitrogens with zero attached hydrogens (tertiary/aromatic N) is 1. The molecule has 0 saturated carbocycles. The van der Waals surface area contributed by atoms with Crippen LogP contribution in [0.15, 0.2) is 30.3 Å². The van der Waals surface area contributed by atoms with Crippen LogP contribution in [0, 0.1) is 23.3 Å². The summed E-state index contributed by atoms with van der Waals surface area (Å²) in [6.07, 6.45) is 0. The Morgan fingerprint density at radius 3 is 1.90 bits per heavy atom. The van der Waals surface area contributed by atoms with Gasteiger partial charge in [0.15, 0.2) is 17.5 Å². The Kier molecular flexibility index (Phi) is 4.50. The lowest BCUT2D eigenvalue weighted by atomic mass is 10.0. The zero-order valence-electron chi connectivity index (χ0n) is 11.8. The van der Waals surface area contributed by atoms with E-state index in [1.165, 1.54) is 12.1 Å². The third-order valence-corrected chi connectivity index (χ3v) is 3.40. The van der Waals surface area contributed by atoms with Gasteiger partial charge in [0.1, 0.15) is 5.82 Å². The lowest BCUT2D eigenvalue weighted by molar-refractivity contribution is 0.437. The van der Waals surface area contributed by atoms with Gasteiger partial charge in [-0.2, -0.15) is 0 Å². The van der Waals surface area contributed by atoms with E-state index in [2.05, 4.69) is 4.90 Å². The first-order valence-corrected chi connectivity index (χ1v) is 6.67. The van der Waals surface area contributed by atoms with Crippen molar-refractivity contribution in [1.82, 2.24) is 0 Å². The number of hydrogen-bond acceptors (Lipinski definition) is 1. The van der Waals surface area contributed by atoms with Crippen molar-refractivity contribution in [2.75, 3.05) is 18.0 Å². The van der Waals surface area contributed by atoms with Crippen LogP contribution < -0.4 is 4.90 Å². The minimum atomic E-state index is -1.67. The first-order chi connectivity index (χ1) is 9.99. The second-order valence-electron chi connectivity index (χ2n) is 4.56. The first-order valence-electron chi connectivity index (χ1n) is 6.67. The van der Waals surface area contributed by atoms with Gasteiger partial charge in [0.2, 0.25) is 0 Å². The SMILES string of the molecule is CCN(CC)c1ccc(-c2c(F)cc(F)c(F)c2F)cc1. The summed E-state index contributed by atoms with van der Waals surface area (Å²) in [5, 5.41) is 0. The molecular formula is C16H15F4N. The van der Waals surface area contributed by atoms with Gasteiger partial charge in [0.05, 0.1) is 5.56 Å². The fraction of sp³-hybridized carbons (Fsp3) is 0.250. The highest BCUT2D eigenvalue weighted by molar-refractivity contribution is 5.67. The van der Waals surface area contributed by atoms with Gasteiger partial charge < -0.3 is 4.90 Å². The largest absolute Gasteiger partial charge is 0.372 e. The van der Waals surface area contributed by atoms with Crippen molar-refractivity contribution in [1.29, 1.82) is 0 Å². The Labute approximate surface area is 120 Å². The van der Waals surface area contributed by atoms with Crippen molar-refractivity contribution in [2.24, 2.45) is 0 Å². The molecule has 0 aliphatic carbocycles. The van der Waals surface area contributed by atoms with E-state index in [4.69, 9.17) is 0 Å². The summed E-state index contributed by atoms with van der Waals surface area (Å²) in [7, 11) is 0. The Morgan fingerprint density at radius 1 is 0.810 bits per heavy atom. The molecule has 0 N–H and O–H groups in total. The maximum absolute atomic E-state index is 13.7. The molecule has 112 valence electrons. The van der Waals surface area contributed by atoms with Gasteiger partial charge >= 0.3 is 0 Å². The predicted molar refractivity (Wildman–Crippen MR) is 75.3 cm³/mol. The Hall–Kier alpha value is -2.04. The molecule has 0 aromatic heterocycles. The molecule has 0 spiro atoms. The molecule has 2 aromatic rings. The average Bonchev–Trinajstić information content (AvgIpc) is 2.48. The highest BCUT2D eigenvalue weighted by Gasteiger charge is 2.20. The highest BCUT2D eigenvalue weighted by atomic mass is 19.2. The summed E-state index contributed by atoms with van der Waals surface area (Å²) in [5.41, 5.74) is 0.506. The van der Waals surface area contributed by atoms with Crippen LogP contribution in [-0.4, -0.2) is 13.1 Å². The molecule has 0 radical (unpaired) electrons. The van der Waals surface area contributed by atoms with Crippen LogP contribution >= 0.6 is 0 Å². The van der Waals surface area contributed by atoms with Gasteiger partial charge in [0.25, 0.3) is 0 Å². The molecule has 0 heterocycles. The maximum atomic E-state index is 13.7. The normalized spacial score (nSPS) is 10.8. The van der Waals surface area contributed by atoms with Crippen LogP contribution in [0.3, 0.4) is 0 Å². The van der Waals surface area contributed by atoms with Crippen molar-refractivity contribution in [3.05, 3.63) is 53.6 Å². The summed E-state index contributed by atoms with van der Waals surface area (Å²) < 4.78 is 53.6. The molecule has 0 amide bonds. The molecule has 0 aliphatic heterocycles. The Bertz CT molecular complexity index is 634. The third-order valence-electron chi connectivity index (χ3n) is 3.40. The summed E-state index contributed by atoms with van der Waals surface area (Å²) in [5.74, 6) is -5.84. The van der Waals surface area contributed by atoms with Crippen molar-refractivity contribution in [3.63, 3.8) is 0 Å². The summed E-state index contributed by atoms with van der Waals surface area (Å²) in [6, 6.07) is 6.73. The van der Waals surface area contributed by atoms with Crippen LogP contribution in [0.25, 0.3) is 11.1 Å². The van der Waals surface area contributed by atoms with Gasteiger partial charge in [0, 0.05) is 24.8 Å². The van der Waals surface area contributed by atoms with Crippen LogP contribution in [0.1, 0.15) is 13.8 Å². The number of anilines is 1. The minimum absolute atomic E-state index is 0.166. The number of hydrogen-bond donors (Lipinski definition) is 0. The van der Waals surface area contributed by atoms with Crippen LogP contribution in [0.4, 0.5) is 23.2 Å². The molecule has 21 heavy (non-hydrogen) atoms. The second-order valence-corrected chi connectivity index (χ2v) is 4.56. The summed E-state index contributed by atoms with van der Waals surface area (Å²) in [4.78, 5) is 2.06. The Balaban J connectivity index is 2.47. The molecular weight excluding hydrogens is 282 g/mol. The van der Waals surface area contributed by atoms with E-state index < -0.39 is 28.8 Å². The predicted octanol–water partition coefficient (Wildman–Crippen LogP) is 4.76. The molecule has 0 bridgehead atoms. The molecule has 5 heteroatoms. The van der Waals surface area contributed by atoms with Crippen molar-refractivity contribution in [3.8, 4) is 11.1 Å². The fourth-order valence-electron chi connectivity index (χ4n) is 2.26. The van der Waals surface area contributed by atoms with Crippen LogP contribution in [-0.2, 0) is 0 Å². The monoisotopic (exact) mass is 297 g/mol. The van der Waals surface area contributed by atoms with E-state index in [-0.39, 0.29) is 5.56 Å². The number of benzene rings is 2. The third kappa shape index (κ3) is 2.86. The summed E-state index contributed by atoms with van der Waals surface area (Å²) >= 11 is 0. The minimum Gasteiger partial charge on any atom is -0.372 e. The van der Waals surface area contributed by atoms with Gasteiger partial charge in [-0.25, -0.2) is 17.6 Å². The molecule has 0 atom stereocenters. The molecule has 2 aromatic carbocycles. The molecule has 2 rings (SSSR count). The van der Waals surface area contributed by atoms with Gasteiger partial charge in [-0.15, -0.1) is 0 Å². The van der Waals surface area contributed by atoms with Gasteiger partial charge in [-0.05, 0) is 31.5 Å². The van der Waals surface area contributed by atoms with Gasteiger partial charge in [-0.3, -0.25) is 0 Å². The number of rotatable bonds is 4. The molecule has 0 fully saturated rings. The lowest BCUT2D eigenvalue weighted by Gasteiger charge is -2.21. The van der Waals surface area contributed by atoms with E-state index in [0.717, 1.165) is 18.8 Å². The lowest BCUT2D eigenvalue weighted by Crippen LogP contribution is -2.21. The maximum Gasteiger partial charge on any atom is 0.195 e. The summed E-state index contributed by atoms with van der Waals surface area (Å²) in [6.45, 7) is 5.58. The molecule has 1 nitrogen and oxygen atoms in total. The van der Waals surface area contributed by atoms with E-state index >= 15 is 0 Å². The van der Waals surface area contributed by atoms with Crippen molar-refractivity contribution >= 4 is 5.69 Å². The topological polar surface area (TPSA) is 3.24 Å². The zero-order valence-corrected chi connectivity index (χ0v) is 11.8. The van der Waals surface area contributed by atoms with Gasteiger partial charge in [-0.1, -0.05) is 12.1 Å². The molecule has 0 saturated heterocycles. The highest BCUT2D eigenvalue weighted by Crippen LogP contribution is 2.30. The first kappa shape index (κ1) is 15.4. The number of halogens is 4. The molecule has 0 aliphatic rings. The van der Waals surface area contributed by atoms with Crippen molar-refractivity contribution < 1.29 is 17.6 Å². The van der Waals surface area contributed by atoms with Crippen LogP contribution in [0.5, 0.6) is 0 Å². The fourth-order valence-corrected chi connectivity index (χ4v) is 2.26. The standard InChI is InChI=1S/C16H15F4N/c1-3-21(4-2)11-7-5-10(6-8-11)14-12(17)9-13(18)15(19)16(14)20/h5-9H,3-4H2,1-2H3. The van der Waals surface area contributed by atoms with Crippen LogP contribution in [0.2, 0.25) is 0 Å². The van der Waals surface area contributed by atoms with E-state index in [9.17, 15) is 17.6 Å². The second kappa shape index (κ2) is 6.16. The van der Waals surface area contributed by atoms with E-state index in [1.54, 1.807) is 12.1 Å². The Morgan fingerprint density at radius 2 is 1.38 bits per heavy atom. The van der Waals surface area contributed by atoms with Crippen molar-refractivity contribution in [2.45, 2.75) is 13.8 Å². The zero-order chi connectivity index (χ0) is 15.6. The molecule has 0 unspecified atom stereocenters. The van der Waals surface area contributed by atoms with E-state index in [1.807, 2.05) is 13.8 Å². The average molecular weight is 297 g/mol. The van der Waals surface area contributed by atoms with E-state index in [0.29, 0.717) is 6.07 Å². The quantitative estimate of drug-likeness (QED) is 0.447.